The predicted octanol–water partition coefficient (Wildman–Crippen LogP) is 3.79. The van der Waals surface area contributed by atoms with Gasteiger partial charge >= 0.3 is 12.1 Å². The van der Waals surface area contributed by atoms with Gasteiger partial charge in [-0.05, 0) is 34.6 Å². The van der Waals surface area contributed by atoms with E-state index in [4.69, 9.17) is 18.9 Å². The van der Waals surface area contributed by atoms with E-state index in [1.165, 1.54) is 25.8 Å². The van der Waals surface area contributed by atoms with Crippen LogP contribution >= 0.6 is 0 Å². The van der Waals surface area contributed by atoms with Gasteiger partial charge in [-0.1, -0.05) is 0 Å². The number of ether oxygens (including phenoxy) is 4. The molecule has 2 heterocycles. The van der Waals surface area contributed by atoms with E-state index in [2.05, 4.69) is 32.1 Å². The largest absolute Gasteiger partial charge is 0.497 e. The van der Waals surface area contributed by atoms with Crippen molar-refractivity contribution in [3.05, 3.63) is 35.5 Å². The highest BCUT2D eigenvalue weighted by Gasteiger charge is 2.26. The Morgan fingerprint density at radius 3 is 2.23 bits per heavy atom. The number of carbonyl (C=O) groups is 2. The number of alkyl carbamates (subject to hydrolysis) is 1. The topological polar surface area (TPSA) is 161 Å². The van der Waals surface area contributed by atoms with Gasteiger partial charge in [0.15, 0.2) is 11.5 Å². The van der Waals surface area contributed by atoms with Crippen LogP contribution in [0.25, 0.3) is 5.65 Å². The maximum Gasteiger partial charge on any atom is 0.408 e. The molecule has 2 aromatic heterocycles. The minimum absolute atomic E-state index is 0.118. The molecule has 0 saturated heterocycles. The molecule has 0 aliphatic heterocycles. The fourth-order valence-corrected chi connectivity index (χ4v) is 3.65. The molecule has 13 nitrogen and oxygen atoms in total. The minimum atomic E-state index is -0.746. The summed E-state index contributed by atoms with van der Waals surface area (Å²) in [5.74, 6) is 1.27. The molecule has 1 amide bonds. The van der Waals surface area contributed by atoms with Crippen LogP contribution in [0.1, 0.15) is 45.9 Å². The Labute approximate surface area is 232 Å². The number of benzene rings is 1. The number of rotatable bonds is 10. The van der Waals surface area contributed by atoms with Crippen molar-refractivity contribution >= 4 is 35.0 Å². The van der Waals surface area contributed by atoms with E-state index >= 15 is 0 Å². The quantitative estimate of drug-likeness (QED) is 0.313. The van der Waals surface area contributed by atoms with Crippen molar-refractivity contribution in [1.82, 2.24) is 19.9 Å². The van der Waals surface area contributed by atoms with Crippen LogP contribution in [0.4, 0.5) is 22.1 Å². The first-order valence-corrected chi connectivity index (χ1v) is 12.4. The Bertz CT molecular complexity index is 1410. The predicted molar refractivity (Wildman–Crippen MR) is 148 cm³/mol. The molecule has 40 heavy (non-hydrogen) atoms. The summed E-state index contributed by atoms with van der Waals surface area (Å²) in [6.07, 6.45) is -0.677. The number of fused-ring (bicyclic) bond motifs is 1. The molecule has 3 aromatic rings. The summed E-state index contributed by atoms with van der Waals surface area (Å²) in [6.45, 7) is 9.25. The van der Waals surface area contributed by atoms with Crippen molar-refractivity contribution in [3.8, 4) is 17.6 Å². The SMILES string of the molecule is COC(=O)Cc1cc(NCC(C)(C)NC(=O)OC(C)(C)C)n2nc(Nc3cc(OC)cc(OC)c3)c(C#N)c2n1. The fourth-order valence-electron chi connectivity index (χ4n) is 3.65. The Morgan fingerprint density at radius 1 is 1.02 bits per heavy atom. The molecule has 0 saturated carbocycles. The number of carbonyl (C=O) groups excluding carboxylic acids is 2. The third kappa shape index (κ3) is 7.66. The highest BCUT2D eigenvalue weighted by Crippen LogP contribution is 2.30. The average molecular weight is 554 g/mol. The van der Waals surface area contributed by atoms with Crippen LogP contribution in [0.2, 0.25) is 0 Å². The van der Waals surface area contributed by atoms with E-state index in [0.717, 1.165) is 0 Å². The third-order valence-corrected chi connectivity index (χ3v) is 5.47. The first-order valence-electron chi connectivity index (χ1n) is 12.4. The second-order valence-corrected chi connectivity index (χ2v) is 10.5. The lowest BCUT2D eigenvalue weighted by molar-refractivity contribution is -0.139. The zero-order valence-corrected chi connectivity index (χ0v) is 24.0. The van der Waals surface area contributed by atoms with Crippen LogP contribution in [0.15, 0.2) is 24.3 Å². The van der Waals surface area contributed by atoms with Crippen molar-refractivity contribution in [1.29, 1.82) is 5.26 Å². The van der Waals surface area contributed by atoms with E-state index < -0.39 is 23.2 Å². The standard InChI is InChI=1S/C27H35N7O6/c1-26(2,3)40-25(36)32-27(4,5)15-29-21-11-17(12-22(35)39-8)31-24-20(14-28)23(33-34(21)24)30-16-9-18(37-6)13-19(10-16)38-7/h9-11,13,29H,12,15H2,1-8H3,(H,30,33)(H,32,36). The summed E-state index contributed by atoms with van der Waals surface area (Å²) in [6, 6.07) is 8.97. The smallest absolute Gasteiger partial charge is 0.408 e. The first-order chi connectivity index (χ1) is 18.8. The molecule has 1 aromatic carbocycles. The van der Waals surface area contributed by atoms with Crippen molar-refractivity contribution in [2.24, 2.45) is 0 Å². The van der Waals surface area contributed by atoms with Gasteiger partial charge in [-0.3, -0.25) is 4.79 Å². The number of hydrogen-bond acceptors (Lipinski definition) is 11. The lowest BCUT2D eigenvalue weighted by Gasteiger charge is -2.29. The second-order valence-electron chi connectivity index (χ2n) is 10.5. The molecule has 13 heteroatoms. The highest BCUT2D eigenvalue weighted by atomic mass is 16.6. The van der Waals surface area contributed by atoms with Crippen molar-refractivity contribution < 1.29 is 28.5 Å². The molecular weight excluding hydrogens is 518 g/mol. The van der Waals surface area contributed by atoms with Crippen molar-refractivity contribution in [2.75, 3.05) is 38.5 Å². The van der Waals surface area contributed by atoms with Gasteiger partial charge in [0.1, 0.15) is 34.6 Å². The van der Waals surface area contributed by atoms with Crippen LogP contribution < -0.4 is 25.4 Å². The molecule has 0 bridgehead atoms. The Balaban J connectivity index is 2.01. The van der Waals surface area contributed by atoms with Crippen LogP contribution in [0, 0.1) is 11.3 Å². The zero-order chi connectivity index (χ0) is 29.7. The highest BCUT2D eigenvalue weighted by molar-refractivity contribution is 5.76. The van der Waals surface area contributed by atoms with E-state index in [9.17, 15) is 14.9 Å². The van der Waals surface area contributed by atoms with Gasteiger partial charge in [-0.25, -0.2) is 9.78 Å². The van der Waals surface area contributed by atoms with Crippen LogP contribution in [0.3, 0.4) is 0 Å². The molecule has 0 atom stereocenters. The summed E-state index contributed by atoms with van der Waals surface area (Å²) in [4.78, 5) is 28.9. The van der Waals surface area contributed by atoms with E-state index in [0.29, 0.717) is 28.7 Å². The summed E-state index contributed by atoms with van der Waals surface area (Å²) in [7, 11) is 4.36. The van der Waals surface area contributed by atoms with Gasteiger partial charge in [0, 0.05) is 36.5 Å². The van der Waals surface area contributed by atoms with E-state index in [1.807, 2.05) is 13.8 Å². The number of nitrogens with zero attached hydrogens (tertiary/aromatic N) is 4. The first kappa shape index (κ1) is 29.8. The monoisotopic (exact) mass is 553 g/mol. The summed E-state index contributed by atoms with van der Waals surface area (Å²) >= 11 is 0. The lowest BCUT2D eigenvalue weighted by Crippen LogP contribution is -2.50. The Kier molecular flexibility index (Phi) is 8.93. The van der Waals surface area contributed by atoms with E-state index in [-0.39, 0.29) is 30.0 Å². The average Bonchev–Trinajstić information content (AvgIpc) is 3.22. The Hall–Kier alpha value is -4.73. The fraction of sp³-hybridized carbons (Fsp3) is 0.444. The number of amides is 1. The van der Waals surface area contributed by atoms with Gasteiger partial charge in [-0.15, -0.1) is 5.10 Å². The van der Waals surface area contributed by atoms with Crippen LogP contribution in [-0.2, 0) is 20.7 Å². The third-order valence-electron chi connectivity index (χ3n) is 5.47. The summed E-state index contributed by atoms with van der Waals surface area (Å²) in [5.41, 5.74) is -0.0746. The number of esters is 1. The van der Waals surface area contributed by atoms with Gasteiger partial charge < -0.3 is 34.9 Å². The molecule has 0 spiro atoms. The molecule has 214 valence electrons. The summed E-state index contributed by atoms with van der Waals surface area (Å²) < 4.78 is 22.3. The number of nitriles is 1. The maximum absolute atomic E-state index is 12.4. The number of aromatic nitrogens is 3. The van der Waals surface area contributed by atoms with Crippen LogP contribution in [-0.4, -0.2) is 65.7 Å². The minimum Gasteiger partial charge on any atom is -0.497 e. The molecule has 3 N–H and O–H groups in total. The molecule has 0 aliphatic carbocycles. The van der Waals surface area contributed by atoms with Gasteiger partial charge in [0.2, 0.25) is 0 Å². The van der Waals surface area contributed by atoms with E-state index in [1.54, 1.807) is 45.0 Å². The number of anilines is 3. The van der Waals surface area contributed by atoms with Crippen molar-refractivity contribution in [2.45, 2.75) is 52.2 Å². The Morgan fingerprint density at radius 2 is 1.68 bits per heavy atom. The molecule has 3 rings (SSSR count). The van der Waals surface area contributed by atoms with Gasteiger partial charge in [0.25, 0.3) is 0 Å². The van der Waals surface area contributed by atoms with Crippen molar-refractivity contribution in [3.63, 3.8) is 0 Å². The van der Waals surface area contributed by atoms with Gasteiger partial charge in [0.05, 0.1) is 39.0 Å². The maximum atomic E-state index is 12.4. The molecule has 0 aliphatic rings. The second kappa shape index (κ2) is 12.0. The number of nitrogens with one attached hydrogen (secondary N) is 3. The zero-order valence-electron chi connectivity index (χ0n) is 24.0. The lowest BCUT2D eigenvalue weighted by atomic mass is 10.1. The summed E-state index contributed by atoms with van der Waals surface area (Å²) in [5, 5.41) is 23.9. The number of methoxy groups -OCH3 is 3. The van der Waals surface area contributed by atoms with Crippen LogP contribution in [0.5, 0.6) is 11.5 Å². The number of hydrogen-bond donors (Lipinski definition) is 3. The molecule has 0 radical (unpaired) electrons. The molecule has 0 fully saturated rings. The van der Waals surface area contributed by atoms with Gasteiger partial charge in [-0.2, -0.15) is 9.78 Å². The molecule has 0 unspecified atom stereocenters. The normalized spacial score (nSPS) is 11.4. The molecular formula is C27H35N7O6.